The molecule has 2 aromatic carbocycles. The lowest BCUT2D eigenvalue weighted by atomic mass is 10.0. The van der Waals surface area contributed by atoms with E-state index >= 15 is 0 Å². The summed E-state index contributed by atoms with van der Waals surface area (Å²) < 4.78 is 0. The van der Waals surface area contributed by atoms with Crippen molar-refractivity contribution in [3.63, 3.8) is 0 Å². The number of rotatable bonds is 5. The molecule has 2 aromatic rings. The summed E-state index contributed by atoms with van der Waals surface area (Å²) >= 11 is 0. The van der Waals surface area contributed by atoms with Crippen molar-refractivity contribution in [1.82, 2.24) is 5.32 Å². The summed E-state index contributed by atoms with van der Waals surface area (Å²) in [4.78, 5) is 11.1. The van der Waals surface area contributed by atoms with E-state index in [0.29, 0.717) is 6.54 Å². The summed E-state index contributed by atoms with van der Waals surface area (Å²) in [6.45, 7) is 4.39. The molecule has 0 radical (unpaired) electrons. The Morgan fingerprint density at radius 1 is 1.16 bits per heavy atom. The fourth-order valence-corrected chi connectivity index (χ4v) is 2.18. The molecule has 0 saturated carbocycles. The number of aliphatic carboxylic acids is 1. The van der Waals surface area contributed by atoms with Crippen LogP contribution in [0.5, 0.6) is 0 Å². The van der Waals surface area contributed by atoms with Crippen LogP contribution in [-0.2, 0) is 11.3 Å². The number of fused-ring (bicyclic) bond motifs is 1. The number of carboxylic acids is 1. The Balaban J connectivity index is 2.11. The average molecular weight is 257 g/mol. The Hall–Kier alpha value is -1.87. The smallest absolute Gasteiger partial charge is 0.320 e. The number of hydrogen-bond donors (Lipinski definition) is 2. The van der Waals surface area contributed by atoms with Crippen LogP contribution in [0.2, 0.25) is 0 Å². The van der Waals surface area contributed by atoms with Crippen LogP contribution < -0.4 is 5.32 Å². The maximum atomic E-state index is 11.1. The van der Waals surface area contributed by atoms with Gasteiger partial charge in [-0.25, -0.2) is 0 Å². The SMILES string of the molecule is CC(C)[C@H](NCc1ccc2ccccc2c1)C(=O)O. The second-order valence-corrected chi connectivity index (χ2v) is 5.12. The Labute approximate surface area is 113 Å². The van der Waals surface area contributed by atoms with Crippen LogP contribution in [-0.4, -0.2) is 17.1 Å². The zero-order valence-electron chi connectivity index (χ0n) is 11.3. The van der Waals surface area contributed by atoms with Crippen molar-refractivity contribution in [2.45, 2.75) is 26.4 Å². The van der Waals surface area contributed by atoms with Gasteiger partial charge in [0.2, 0.25) is 0 Å². The van der Waals surface area contributed by atoms with E-state index in [2.05, 4.69) is 29.6 Å². The largest absolute Gasteiger partial charge is 0.480 e. The Kier molecular flexibility index (Phi) is 4.17. The zero-order chi connectivity index (χ0) is 13.8. The van der Waals surface area contributed by atoms with E-state index < -0.39 is 12.0 Å². The minimum Gasteiger partial charge on any atom is -0.480 e. The number of hydrogen-bond acceptors (Lipinski definition) is 2. The van der Waals surface area contributed by atoms with Gasteiger partial charge in [-0.05, 0) is 28.3 Å². The highest BCUT2D eigenvalue weighted by molar-refractivity contribution is 5.83. The molecular formula is C16H19NO2. The molecule has 0 aliphatic rings. The lowest BCUT2D eigenvalue weighted by molar-refractivity contribution is -0.140. The third kappa shape index (κ3) is 3.32. The van der Waals surface area contributed by atoms with Crippen molar-refractivity contribution < 1.29 is 9.90 Å². The minimum atomic E-state index is -0.796. The Bertz CT molecular complexity index is 578. The third-order valence-corrected chi connectivity index (χ3v) is 3.27. The molecule has 2 N–H and O–H groups in total. The molecule has 0 aliphatic carbocycles. The Morgan fingerprint density at radius 2 is 1.84 bits per heavy atom. The van der Waals surface area contributed by atoms with E-state index in [1.165, 1.54) is 10.8 Å². The van der Waals surface area contributed by atoms with Gasteiger partial charge in [-0.1, -0.05) is 50.2 Å². The highest BCUT2D eigenvalue weighted by Gasteiger charge is 2.20. The van der Waals surface area contributed by atoms with Gasteiger partial charge in [-0.2, -0.15) is 0 Å². The standard InChI is InChI=1S/C16H19NO2/c1-11(2)15(16(18)19)17-10-12-7-8-13-5-3-4-6-14(13)9-12/h3-9,11,15,17H,10H2,1-2H3,(H,18,19)/t15-/m0/s1. The number of carbonyl (C=O) groups is 1. The zero-order valence-corrected chi connectivity index (χ0v) is 11.3. The normalized spacial score (nSPS) is 12.8. The lowest BCUT2D eigenvalue weighted by Crippen LogP contribution is -2.40. The van der Waals surface area contributed by atoms with E-state index in [1.54, 1.807) is 0 Å². The van der Waals surface area contributed by atoms with Crippen molar-refractivity contribution in [3.05, 3.63) is 48.0 Å². The van der Waals surface area contributed by atoms with Gasteiger partial charge in [-0.15, -0.1) is 0 Å². The molecule has 3 nitrogen and oxygen atoms in total. The average Bonchev–Trinajstić information content (AvgIpc) is 2.38. The molecule has 0 bridgehead atoms. The third-order valence-electron chi connectivity index (χ3n) is 3.27. The molecule has 0 aromatic heterocycles. The topological polar surface area (TPSA) is 49.3 Å². The second-order valence-electron chi connectivity index (χ2n) is 5.12. The minimum absolute atomic E-state index is 0.0676. The fourth-order valence-electron chi connectivity index (χ4n) is 2.18. The van der Waals surface area contributed by atoms with Crippen LogP contribution in [0.4, 0.5) is 0 Å². The van der Waals surface area contributed by atoms with Crippen molar-refractivity contribution in [2.24, 2.45) is 5.92 Å². The molecule has 3 heteroatoms. The molecule has 19 heavy (non-hydrogen) atoms. The number of carboxylic acid groups (broad SMARTS) is 1. The van der Waals surface area contributed by atoms with Crippen LogP contribution >= 0.6 is 0 Å². The van der Waals surface area contributed by atoms with Crippen molar-refractivity contribution >= 4 is 16.7 Å². The monoisotopic (exact) mass is 257 g/mol. The van der Waals surface area contributed by atoms with E-state index in [9.17, 15) is 4.79 Å². The molecule has 0 fully saturated rings. The Morgan fingerprint density at radius 3 is 2.47 bits per heavy atom. The second kappa shape index (κ2) is 5.85. The van der Waals surface area contributed by atoms with Gasteiger partial charge in [-0.3, -0.25) is 4.79 Å². The highest BCUT2D eigenvalue weighted by atomic mass is 16.4. The summed E-state index contributed by atoms with van der Waals surface area (Å²) in [5.41, 5.74) is 1.10. The molecular weight excluding hydrogens is 238 g/mol. The van der Waals surface area contributed by atoms with Crippen LogP contribution in [0.15, 0.2) is 42.5 Å². The summed E-state index contributed by atoms with van der Waals surface area (Å²) in [6.07, 6.45) is 0. The van der Waals surface area contributed by atoms with Gasteiger partial charge in [0.1, 0.15) is 6.04 Å². The fraction of sp³-hybridized carbons (Fsp3) is 0.312. The lowest BCUT2D eigenvalue weighted by Gasteiger charge is -2.18. The van der Waals surface area contributed by atoms with E-state index in [1.807, 2.05) is 32.0 Å². The first kappa shape index (κ1) is 13.6. The molecule has 0 heterocycles. The van der Waals surface area contributed by atoms with Gasteiger partial charge < -0.3 is 10.4 Å². The maximum absolute atomic E-state index is 11.1. The summed E-state index contributed by atoms with van der Waals surface area (Å²) in [5, 5.41) is 14.6. The molecule has 0 amide bonds. The highest BCUT2D eigenvalue weighted by Crippen LogP contribution is 2.15. The number of benzene rings is 2. The molecule has 100 valence electrons. The van der Waals surface area contributed by atoms with E-state index in [0.717, 1.165) is 5.56 Å². The maximum Gasteiger partial charge on any atom is 0.320 e. The molecule has 1 atom stereocenters. The van der Waals surface area contributed by atoms with Crippen LogP contribution in [0, 0.1) is 5.92 Å². The van der Waals surface area contributed by atoms with Gasteiger partial charge in [0, 0.05) is 6.54 Å². The van der Waals surface area contributed by atoms with Gasteiger partial charge in [0.15, 0.2) is 0 Å². The predicted molar refractivity (Wildman–Crippen MR) is 77.0 cm³/mol. The van der Waals surface area contributed by atoms with Crippen molar-refractivity contribution in [1.29, 1.82) is 0 Å². The van der Waals surface area contributed by atoms with E-state index in [4.69, 9.17) is 5.11 Å². The van der Waals surface area contributed by atoms with Gasteiger partial charge in [0.25, 0.3) is 0 Å². The summed E-state index contributed by atoms with van der Waals surface area (Å²) in [7, 11) is 0. The first-order chi connectivity index (χ1) is 9.08. The van der Waals surface area contributed by atoms with Gasteiger partial charge in [0.05, 0.1) is 0 Å². The summed E-state index contributed by atoms with van der Waals surface area (Å²) in [6, 6.07) is 13.9. The molecule has 0 saturated heterocycles. The van der Waals surface area contributed by atoms with Crippen LogP contribution in [0.1, 0.15) is 19.4 Å². The quantitative estimate of drug-likeness (QED) is 0.865. The van der Waals surface area contributed by atoms with Crippen molar-refractivity contribution in [3.8, 4) is 0 Å². The van der Waals surface area contributed by atoms with Crippen LogP contribution in [0.25, 0.3) is 10.8 Å². The molecule has 0 spiro atoms. The first-order valence-corrected chi connectivity index (χ1v) is 6.52. The van der Waals surface area contributed by atoms with Gasteiger partial charge >= 0.3 is 5.97 Å². The van der Waals surface area contributed by atoms with Crippen molar-refractivity contribution in [2.75, 3.05) is 0 Å². The molecule has 0 aliphatic heterocycles. The first-order valence-electron chi connectivity index (χ1n) is 6.52. The van der Waals surface area contributed by atoms with E-state index in [-0.39, 0.29) is 5.92 Å². The van der Waals surface area contributed by atoms with Crippen LogP contribution in [0.3, 0.4) is 0 Å². The summed E-state index contributed by atoms with van der Waals surface area (Å²) in [5.74, 6) is -0.728. The number of nitrogens with one attached hydrogen (secondary N) is 1. The molecule has 0 unspecified atom stereocenters. The predicted octanol–water partition coefficient (Wildman–Crippen LogP) is 3.04. The molecule has 2 rings (SSSR count).